The standard InChI is InChI=1S/C21H19Cl2N3O/c1-11-19(16-8-7-14(22)10-17(16)23)24-12(2)21(25-11)26-20-15-6-4-3-5-13(15)9-18(20)27/h3-8,10,18,20,27H,9H2,1-2H3,(H,25,26). The van der Waals surface area contributed by atoms with E-state index in [0.717, 1.165) is 33.8 Å². The molecule has 0 saturated heterocycles. The molecule has 0 spiro atoms. The van der Waals surface area contributed by atoms with Crippen LogP contribution in [0.2, 0.25) is 10.0 Å². The molecular formula is C21H19Cl2N3O. The van der Waals surface area contributed by atoms with Gasteiger partial charge >= 0.3 is 0 Å². The van der Waals surface area contributed by atoms with Gasteiger partial charge in [0.15, 0.2) is 0 Å². The molecule has 138 valence electrons. The minimum atomic E-state index is -0.491. The summed E-state index contributed by atoms with van der Waals surface area (Å²) < 4.78 is 0. The minimum absolute atomic E-state index is 0.196. The third-order valence-corrected chi connectivity index (χ3v) is 5.47. The van der Waals surface area contributed by atoms with E-state index in [4.69, 9.17) is 33.2 Å². The molecule has 1 heterocycles. The van der Waals surface area contributed by atoms with Gasteiger partial charge in [-0.05, 0) is 43.2 Å². The van der Waals surface area contributed by atoms with E-state index >= 15 is 0 Å². The Bertz CT molecular complexity index is 1020. The Morgan fingerprint density at radius 3 is 2.59 bits per heavy atom. The van der Waals surface area contributed by atoms with Crippen LogP contribution in [0.1, 0.15) is 28.6 Å². The van der Waals surface area contributed by atoms with Crippen molar-refractivity contribution in [3.05, 3.63) is 75.0 Å². The molecule has 2 atom stereocenters. The predicted molar refractivity (Wildman–Crippen MR) is 109 cm³/mol. The van der Waals surface area contributed by atoms with Gasteiger partial charge in [0.25, 0.3) is 0 Å². The van der Waals surface area contributed by atoms with Crippen LogP contribution in [0, 0.1) is 13.8 Å². The van der Waals surface area contributed by atoms with E-state index < -0.39 is 6.10 Å². The zero-order chi connectivity index (χ0) is 19.1. The van der Waals surface area contributed by atoms with Crippen LogP contribution in [0.15, 0.2) is 42.5 Å². The summed E-state index contributed by atoms with van der Waals surface area (Å²) >= 11 is 12.3. The van der Waals surface area contributed by atoms with Gasteiger partial charge in [-0.2, -0.15) is 0 Å². The van der Waals surface area contributed by atoms with Gasteiger partial charge in [0.1, 0.15) is 5.82 Å². The molecule has 0 radical (unpaired) electrons. The molecule has 2 N–H and O–H groups in total. The van der Waals surface area contributed by atoms with Gasteiger partial charge in [-0.3, -0.25) is 0 Å². The maximum atomic E-state index is 10.5. The van der Waals surface area contributed by atoms with Gasteiger partial charge in [-0.25, -0.2) is 9.97 Å². The van der Waals surface area contributed by atoms with E-state index in [1.807, 2.05) is 38.1 Å². The second-order valence-corrected chi connectivity index (χ2v) is 7.65. The first-order valence-corrected chi connectivity index (χ1v) is 9.52. The molecule has 3 aromatic rings. The van der Waals surface area contributed by atoms with E-state index in [9.17, 15) is 5.11 Å². The molecule has 1 aromatic heterocycles. The largest absolute Gasteiger partial charge is 0.390 e. The molecule has 0 amide bonds. The molecule has 1 aliphatic carbocycles. The third kappa shape index (κ3) is 3.41. The van der Waals surface area contributed by atoms with Crippen LogP contribution in [0.4, 0.5) is 5.82 Å². The second-order valence-electron chi connectivity index (χ2n) is 6.81. The van der Waals surface area contributed by atoms with E-state index in [1.165, 1.54) is 0 Å². The maximum absolute atomic E-state index is 10.5. The number of hydrogen-bond donors (Lipinski definition) is 2. The third-order valence-electron chi connectivity index (χ3n) is 4.93. The van der Waals surface area contributed by atoms with Crippen LogP contribution in [-0.2, 0) is 6.42 Å². The minimum Gasteiger partial charge on any atom is -0.390 e. The Kier molecular flexibility index (Phi) is 4.81. The maximum Gasteiger partial charge on any atom is 0.148 e. The first-order valence-electron chi connectivity index (χ1n) is 8.77. The van der Waals surface area contributed by atoms with Crippen molar-refractivity contribution in [1.82, 2.24) is 9.97 Å². The lowest BCUT2D eigenvalue weighted by Gasteiger charge is -2.20. The number of aliphatic hydroxyl groups is 1. The Labute approximate surface area is 168 Å². The lowest BCUT2D eigenvalue weighted by Crippen LogP contribution is -2.22. The first-order chi connectivity index (χ1) is 12.9. The lowest BCUT2D eigenvalue weighted by molar-refractivity contribution is 0.165. The molecule has 0 bridgehead atoms. The molecule has 1 aliphatic rings. The number of fused-ring (bicyclic) bond motifs is 1. The van der Waals surface area contributed by atoms with Crippen molar-refractivity contribution in [2.24, 2.45) is 0 Å². The fourth-order valence-corrected chi connectivity index (χ4v) is 4.07. The molecule has 2 unspecified atom stereocenters. The Morgan fingerprint density at radius 1 is 1.04 bits per heavy atom. The highest BCUT2D eigenvalue weighted by Gasteiger charge is 2.31. The molecule has 0 saturated carbocycles. The highest BCUT2D eigenvalue weighted by molar-refractivity contribution is 6.36. The smallest absolute Gasteiger partial charge is 0.148 e. The number of halogens is 2. The van der Waals surface area contributed by atoms with Crippen LogP contribution >= 0.6 is 23.2 Å². The number of nitrogens with one attached hydrogen (secondary N) is 1. The summed E-state index contributed by atoms with van der Waals surface area (Å²) in [7, 11) is 0. The van der Waals surface area contributed by atoms with Gasteiger partial charge in [0, 0.05) is 17.0 Å². The fraction of sp³-hybridized carbons (Fsp3) is 0.238. The topological polar surface area (TPSA) is 58.0 Å². The van der Waals surface area contributed by atoms with E-state index in [2.05, 4.69) is 11.4 Å². The molecule has 0 fully saturated rings. The lowest BCUT2D eigenvalue weighted by atomic mass is 10.1. The SMILES string of the molecule is Cc1nc(-c2ccc(Cl)cc2Cl)c(C)nc1NC1c2ccccc2CC1O. The average Bonchev–Trinajstić information content (AvgIpc) is 2.94. The molecule has 2 aromatic carbocycles. The molecule has 4 rings (SSSR count). The number of hydrogen-bond acceptors (Lipinski definition) is 4. The van der Waals surface area contributed by atoms with E-state index in [-0.39, 0.29) is 6.04 Å². The van der Waals surface area contributed by atoms with E-state index in [1.54, 1.807) is 12.1 Å². The summed E-state index contributed by atoms with van der Waals surface area (Å²) in [6, 6.07) is 13.2. The van der Waals surface area contributed by atoms with Gasteiger partial charge in [-0.1, -0.05) is 47.5 Å². The van der Waals surface area contributed by atoms with Crippen molar-refractivity contribution in [2.75, 3.05) is 5.32 Å². The van der Waals surface area contributed by atoms with E-state index in [0.29, 0.717) is 22.3 Å². The molecule has 4 nitrogen and oxygen atoms in total. The van der Waals surface area contributed by atoms with Crippen LogP contribution in [-0.4, -0.2) is 21.2 Å². The predicted octanol–water partition coefficient (Wildman–Crippen LogP) is 5.14. The van der Waals surface area contributed by atoms with Crippen LogP contribution in [0.5, 0.6) is 0 Å². The van der Waals surface area contributed by atoms with Crippen molar-refractivity contribution in [3.8, 4) is 11.3 Å². The summed E-state index contributed by atoms with van der Waals surface area (Å²) in [6.07, 6.45) is 0.145. The molecule has 0 aliphatic heterocycles. The Balaban J connectivity index is 1.69. The van der Waals surface area contributed by atoms with Gasteiger partial charge in [0.2, 0.25) is 0 Å². The number of anilines is 1. The number of aryl methyl sites for hydroxylation is 2. The average molecular weight is 400 g/mol. The first kappa shape index (κ1) is 18.2. The van der Waals surface area contributed by atoms with Gasteiger partial charge < -0.3 is 10.4 Å². The number of nitrogens with zero attached hydrogens (tertiary/aromatic N) is 2. The number of aromatic nitrogens is 2. The highest BCUT2D eigenvalue weighted by atomic mass is 35.5. The van der Waals surface area contributed by atoms with Crippen molar-refractivity contribution >= 4 is 29.0 Å². The number of benzene rings is 2. The highest BCUT2D eigenvalue weighted by Crippen LogP contribution is 2.36. The van der Waals surface area contributed by atoms with Crippen molar-refractivity contribution in [3.63, 3.8) is 0 Å². The number of aliphatic hydroxyl groups excluding tert-OH is 1. The van der Waals surface area contributed by atoms with Crippen molar-refractivity contribution in [2.45, 2.75) is 32.4 Å². The monoisotopic (exact) mass is 399 g/mol. The van der Waals surface area contributed by atoms with Crippen molar-refractivity contribution < 1.29 is 5.11 Å². The molecule has 27 heavy (non-hydrogen) atoms. The Morgan fingerprint density at radius 2 is 1.81 bits per heavy atom. The van der Waals surface area contributed by atoms with Crippen LogP contribution in [0.3, 0.4) is 0 Å². The summed E-state index contributed by atoms with van der Waals surface area (Å²) in [6.45, 7) is 3.80. The number of rotatable bonds is 3. The summed E-state index contributed by atoms with van der Waals surface area (Å²) in [5, 5.41) is 15.0. The van der Waals surface area contributed by atoms with Crippen molar-refractivity contribution in [1.29, 1.82) is 0 Å². The summed E-state index contributed by atoms with van der Waals surface area (Å²) in [5.74, 6) is 0.669. The summed E-state index contributed by atoms with van der Waals surface area (Å²) in [4.78, 5) is 9.43. The normalized spacial score (nSPS) is 18.4. The Hall–Kier alpha value is -2.14. The second kappa shape index (κ2) is 7.12. The van der Waals surface area contributed by atoms with Crippen LogP contribution < -0.4 is 5.32 Å². The van der Waals surface area contributed by atoms with Gasteiger partial charge in [-0.15, -0.1) is 0 Å². The summed E-state index contributed by atoms with van der Waals surface area (Å²) in [5.41, 5.74) is 5.30. The zero-order valence-electron chi connectivity index (χ0n) is 15.0. The molecular weight excluding hydrogens is 381 g/mol. The fourth-order valence-electron chi connectivity index (χ4n) is 3.57. The zero-order valence-corrected chi connectivity index (χ0v) is 16.5. The van der Waals surface area contributed by atoms with Gasteiger partial charge in [0.05, 0.1) is 34.3 Å². The quantitative estimate of drug-likeness (QED) is 0.640. The molecule has 6 heteroatoms. The van der Waals surface area contributed by atoms with Crippen LogP contribution in [0.25, 0.3) is 11.3 Å².